The van der Waals surface area contributed by atoms with E-state index in [1.54, 1.807) is 0 Å². The van der Waals surface area contributed by atoms with Gasteiger partial charge in [0, 0.05) is 5.54 Å². The maximum Gasteiger partial charge on any atom is 0.212 e. The summed E-state index contributed by atoms with van der Waals surface area (Å²) in [6.45, 7) is 6.46. The molecule has 16 heavy (non-hydrogen) atoms. The fourth-order valence-corrected chi connectivity index (χ4v) is 3.21. The fraction of sp³-hybridized carbons (Fsp3) is 1.00. The molecule has 4 nitrogen and oxygen atoms in total. The van der Waals surface area contributed by atoms with Crippen molar-refractivity contribution in [1.82, 2.24) is 4.72 Å². The first-order valence-electron chi connectivity index (χ1n) is 5.92. The molecule has 0 aromatic heterocycles. The molecule has 1 heterocycles. The smallest absolute Gasteiger partial charge is 0.212 e. The van der Waals surface area contributed by atoms with Crippen LogP contribution in [0.2, 0.25) is 0 Å². The molecule has 0 saturated carbocycles. The molecule has 0 amide bonds. The predicted octanol–water partition coefficient (Wildman–Crippen LogP) is 1.66. The zero-order chi connectivity index (χ0) is 12.2. The number of unbranched alkanes of at least 4 members (excludes halogenated alkanes) is 2. The van der Waals surface area contributed by atoms with Gasteiger partial charge in [0.25, 0.3) is 0 Å². The highest BCUT2D eigenvalue weighted by atomic mass is 32.2. The fourth-order valence-electron chi connectivity index (χ4n) is 1.59. The second-order valence-corrected chi connectivity index (χ2v) is 7.32. The summed E-state index contributed by atoms with van der Waals surface area (Å²) >= 11 is 0. The van der Waals surface area contributed by atoms with E-state index in [0.717, 1.165) is 32.3 Å². The van der Waals surface area contributed by atoms with Crippen LogP contribution in [0.3, 0.4) is 0 Å². The molecule has 1 unspecified atom stereocenters. The first-order chi connectivity index (χ1) is 7.29. The van der Waals surface area contributed by atoms with Crippen molar-refractivity contribution < 1.29 is 13.2 Å². The Morgan fingerprint density at radius 3 is 2.38 bits per heavy atom. The Morgan fingerprint density at radius 1 is 1.25 bits per heavy atom. The number of ether oxygens (including phenoxy) is 1. The molecule has 1 fully saturated rings. The summed E-state index contributed by atoms with van der Waals surface area (Å²) < 4.78 is 31.0. The highest BCUT2D eigenvalue weighted by Crippen LogP contribution is 2.17. The van der Waals surface area contributed by atoms with Gasteiger partial charge in [-0.25, -0.2) is 13.1 Å². The standard InChI is InChI=1S/C11H23NO3S/c1-11(2,3)12-16(13,14)8-6-4-5-7-10-9-15-10/h10,12H,4-9H2,1-3H3. The second-order valence-electron chi connectivity index (χ2n) is 5.48. The van der Waals surface area contributed by atoms with Gasteiger partial charge < -0.3 is 4.74 Å². The number of nitrogens with one attached hydrogen (secondary N) is 1. The van der Waals surface area contributed by atoms with E-state index in [1.807, 2.05) is 20.8 Å². The van der Waals surface area contributed by atoms with Crippen LogP contribution in [0.15, 0.2) is 0 Å². The van der Waals surface area contributed by atoms with Crippen molar-refractivity contribution in [2.75, 3.05) is 12.4 Å². The minimum Gasteiger partial charge on any atom is -0.373 e. The first kappa shape index (κ1) is 13.9. The number of hydrogen-bond donors (Lipinski definition) is 1. The van der Waals surface area contributed by atoms with Crippen LogP contribution < -0.4 is 4.72 Å². The molecule has 0 bridgehead atoms. The third kappa shape index (κ3) is 7.19. The SMILES string of the molecule is CC(C)(C)NS(=O)(=O)CCCCCC1CO1. The summed E-state index contributed by atoms with van der Waals surface area (Å²) in [5, 5.41) is 0. The maximum atomic E-state index is 11.6. The Bertz CT molecular complexity index is 302. The summed E-state index contributed by atoms with van der Waals surface area (Å²) in [6.07, 6.45) is 4.30. The lowest BCUT2D eigenvalue weighted by atomic mass is 10.1. The normalized spacial score (nSPS) is 21.1. The van der Waals surface area contributed by atoms with Crippen molar-refractivity contribution in [3.63, 3.8) is 0 Å². The third-order valence-electron chi connectivity index (χ3n) is 2.30. The molecule has 0 aliphatic carbocycles. The zero-order valence-corrected chi connectivity index (χ0v) is 11.3. The van der Waals surface area contributed by atoms with E-state index >= 15 is 0 Å². The van der Waals surface area contributed by atoms with E-state index in [4.69, 9.17) is 4.74 Å². The molecule has 0 spiro atoms. The predicted molar refractivity (Wildman–Crippen MR) is 64.9 cm³/mol. The molecule has 5 heteroatoms. The van der Waals surface area contributed by atoms with Gasteiger partial charge in [0.05, 0.1) is 18.5 Å². The molecular weight excluding hydrogens is 226 g/mol. The molecule has 1 aliphatic rings. The molecule has 1 atom stereocenters. The van der Waals surface area contributed by atoms with Gasteiger partial charge in [0.15, 0.2) is 0 Å². The van der Waals surface area contributed by atoms with Crippen molar-refractivity contribution in [1.29, 1.82) is 0 Å². The van der Waals surface area contributed by atoms with Gasteiger partial charge in [0.1, 0.15) is 0 Å². The van der Waals surface area contributed by atoms with Gasteiger partial charge in [-0.1, -0.05) is 12.8 Å². The zero-order valence-electron chi connectivity index (χ0n) is 10.5. The van der Waals surface area contributed by atoms with Crippen molar-refractivity contribution in [2.24, 2.45) is 0 Å². The number of epoxide rings is 1. The van der Waals surface area contributed by atoms with Crippen LogP contribution in [0.5, 0.6) is 0 Å². The van der Waals surface area contributed by atoms with E-state index in [-0.39, 0.29) is 11.3 Å². The second kappa shape index (κ2) is 5.47. The Kier molecular flexibility index (Phi) is 4.76. The van der Waals surface area contributed by atoms with E-state index < -0.39 is 10.0 Å². The largest absolute Gasteiger partial charge is 0.373 e. The van der Waals surface area contributed by atoms with Crippen LogP contribution >= 0.6 is 0 Å². The summed E-state index contributed by atoms with van der Waals surface area (Å²) in [6, 6.07) is 0. The first-order valence-corrected chi connectivity index (χ1v) is 7.57. The van der Waals surface area contributed by atoms with E-state index in [9.17, 15) is 8.42 Å². The summed E-state index contributed by atoms with van der Waals surface area (Å²) in [5.41, 5.74) is -0.374. The molecule has 0 aromatic carbocycles. The van der Waals surface area contributed by atoms with Crippen LogP contribution in [0.25, 0.3) is 0 Å². The lowest BCUT2D eigenvalue weighted by Gasteiger charge is -2.20. The molecule has 0 aromatic rings. The Balaban J connectivity index is 2.09. The molecule has 1 aliphatic heterocycles. The summed E-state index contributed by atoms with van der Waals surface area (Å²) in [7, 11) is -3.11. The van der Waals surface area contributed by atoms with E-state index in [0.29, 0.717) is 6.10 Å². The molecule has 1 N–H and O–H groups in total. The van der Waals surface area contributed by atoms with E-state index in [1.165, 1.54) is 0 Å². The summed E-state index contributed by atoms with van der Waals surface area (Å²) in [4.78, 5) is 0. The Morgan fingerprint density at radius 2 is 1.88 bits per heavy atom. The van der Waals surface area contributed by atoms with Gasteiger partial charge in [-0.3, -0.25) is 0 Å². The monoisotopic (exact) mass is 249 g/mol. The lowest BCUT2D eigenvalue weighted by molar-refractivity contribution is 0.389. The van der Waals surface area contributed by atoms with Gasteiger partial charge >= 0.3 is 0 Å². The average Bonchev–Trinajstić information content (AvgIpc) is 2.82. The van der Waals surface area contributed by atoms with E-state index in [2.05, 4.69) is 4.72 Å². The van der Waals surface area contributed by atoms with Crippen LogP contribution in [0.1, 0.15) is 46.5 Å². The van der Waals surface area contributed by atoms with Crippen molar-refractivity contribution >= 4 is 10.0 Å². The highest BCUT2D eigenvalue weighted by Gasteiger charge is 2.22. The Hall–Kier alpha value is -0.130. The van der Waals surface area contributed by atoms with Crippen LogP contribution in [0, 0.1) is 0 Å². The van der Waals surface area contributed by atoms with Gasteiger partial charge in [0.2, 0.25) is 10.0 Å². The highest BCUT2D eigenvalue weighted by molar-refractivity contribution is 7.89. The van der Waals surface area contributed by atoms with Crippen LogP contribution in [-0.4, -0.2) is 32.4 Å². The van der Waals surface area contributed by atoms with Crippen molar-refractivity contribution in [3.05, 3.63) is 0 Å². The molecule has 1 saturated heterocycles. The molecular formula is C11H23NO3S. The molecule has 1 rings (SSSR count). The maximum absolute atomic E-state index is 11.6. The van der Waals surface area contributed by atoms with Crippen molar-refractivity contribution in [2.45, 2.75) is 58.1 Å². The number of rotatable bonds is 7. The van der Waals surface area contributed by atoms with Gasteiger partial charge in [-0.15, -0.1) is 0 Å². The number of sulfonamides is 1. The Labute approximate surface area is 98.8 Å². The average molecular weight is 249 g/mol. The number of hydrogen-bond acceptors (Lipinski definition) is 3. The van der Waals surface area contributed by atoms with Crippen LogP contribution in [0.4, 0.5) is 0 Å². The minimum atomic E-state index is -3.11. The minimum absolute atomic E-state index is 0.232. The summed E-state index contributed by atoms with van der Waals surface area (Å²) in [5.74, 6) is 0.232. The quantitative estimate of drug-likeness (QED) is 0.551. The molecule has 96 valence electrons. The van der Waals surface area contributed by atoms with Crippen LogP contribution in [-0.2, 0) is 14.8 Å². The lowest BCUT2D eigenvalue weighted by Crippen LogP contribution is -2.41. The van der Waals surface area contributed by atoms with Crippen molar-refractivity contribution in [3.8, 4) is 0 Å². The topological polar surface area (TPSA) is 58.7 Å². The molecule has 0 radical (unpaired) electrons. The van der Waals surface area contributed by atoms with Gasteiger partial charge in [-0.2, -0.15) is 0 Å². The van der Waals surface area contributed by atoms with Gasteiger partial charge in [-0.05, 0) is 33.6 Å². The third-order valence-corrected chi connectivity index (χ3v) is 4.05.